The van der Waals surface area contributed by atoms with Crippen molar-refractivity contribution in [3.05, 3.63) is 35.9 Å². The number of nitrogens with one attached hydrogen (secondary N) is 1. The van der Waals surface area contributed by atoms with Crippen molar-refractivity contribution in [2.75, 3.05) is 19.6 Å². The number of carbonyl (C=O) groups is 2. The van der Waals surface area contributed by atoms with Crippen LogP contribution in [0.1, 0.15) is 110 Å². The molecule has 1 aliphatic heterocycles. The Kier molecular flexibility index (Phi) is 10.9. The van der Waals surface area contributed by atoms with Crippen molar-refractivity contribution < 1.29 is 14.7 Å². The van der Waals surface area contributed by atoms with Crippen molar-refractivity contribution in [1.29, 1.82) is 0 Å². The van der Waals surface area contributed by atoms with E-state index in [9.17, 15) is 14.7 Å². The fourth-order valence-electron chi connectivity index (χ4n) is 7.49. The molecule has 3 fully saturated rings. The normalized spacial score (nSPS) is 31.5. The minimum Gasteiger partial charge on any atom is -0.393 e. The highest BCUT2D eigenvalue weighted by Crippen LogP contribution is 2.44. The lowest BCUT2D eigenvalue weighted by Gasteiger charge is -2.38. The van der Waals surface area contributed by atoms with E-state index in [2.05, 4.69) is 56.4 Å². The van der Waals surface area contributed by atoms with Crippen LogP contribution in [0.5, 0.6) is 0 Å². The van der Waals surface area contributed by atoms with Crippen LogP contribution in [0.25, 0.3) is 0 Å². The molecule has 2 N–H and O–H groups in total. The van der Waals surface area contributed by atoms with Gasteiger partial charge in [0.2, 0.25) is 11.8 Å². The minimum atomic E-state index is -0.215. The average Bonchev–Trinajstić information content (AvgIpc) is 2.91. The molecule has 1 heterocycles. The Morgan fingerprint density at radius 3 is 2.44 bits per heavy atom. The number of rotatable bonds is 10. The molecule has 218 valence electrons. The molecule has 39 heavy (non-hydrogen) atoms. The van der Waals surface area contributed by atoms with Gasteiger partial charge in [-0.2, -0.15) is 0 Å². The maximum absolute atomic E-state index is 13.9. The van der Waals surface area contributed by atoms with Gasteiger partial charge in [0.15, 0.2) is 0 Å². The number of nitrogens with zero attached hydrogens (tertiary/aromatic N) is 1. The van der Waals surface area contributed by atoms with Crippen LogP contribution in [0.3, 0.4) is 0 Å². The van der Waals surface area contributed by atoms with Gasteiger partial charge in [-0.1, -0.05) is 83.2 Å². The lowest BCUT2D eigenvalue weighted by molar-refractivity contribution is -0.141. The Labute approximate surface area is 237 Å². The largest absolute Gasteiger partial charge is 0.393 e. The third kappa shape index (κ3) is 8.08. The molecule has 1 aromatic carbocycles. The molecule has 5 nitrogen and oxygen atoms in total. The maximum atomic E-state index is 13.9. The van der Waals surface area contributed by atoms with Gasteiger partial charge in [-0.25, -0.2) is 0 Å². The van der Waals surface area contributed by atoms with Gasteiger partial charge in [0.05, 0.1) is 12.6 Å². The number of aliphatic hydroxyl groups excluding tert-OH is 1. The summed E-state index contributed by atoms with van der Waals surface area (Å²) in [5.74, 6) is 2.23. The van der Waals surface area contributed by atoms with Crippen molar-refractivity contribution in [2.45, 2.75) is 116 Å². The Bertz CT molecular complexity index is 910. The fourth-order valence-corrected chi connectivity index (χ4v) is 7.49. The van der Waals surface area contributed by atoms with Crippen LogP contribution in [-0.2, 0) is 15.0 Å². The zero-order chi connectivity index (χ0) is 27.8. The molecule has 3 unspecified atom stereocenters. The summed E-state index contributed by atoms with van der Waals surface area (Å²) in [6.07, 6.45) is 14.2. The van der Waals surface area contributed by atoms with E-state index in [-0.39, 0.29) is 35.8 Å². The SMILES string of the molecule is CCC(C)C[C@]1(c2ccccc2)CCCC(CC2CCC2)C(C)C(=O)N(CC(=O)NC[C@H]2C[C@H](O)C2)CCC1. The summed E-state index contributed by atoms with van der Waals surface area (Å²) in [4.78, 5) is 28.8. The molecule has 4 rings (SSSR count). The second-order valence-corrected chi connectivity index (χ2v) is 13.5. The fraction of sp³-hybridized carbons (Fsp3) is 0.765. The Balaban J connectivity index is 1.53. The highest BCUT2D eigenvalue weighted by Gasteiger charge is 2.37. The predicted molar refractivity (Wildman–Crippen MR) is 158 cm³/mol. The van der Waals surface area contributed by atoms with Crippen molar-refractivity contribution in [2.24, 2.45) is 29.6 Å². The summed E-state index contributed by atoms with van der Waals surface area (Å²) < 4.78 is 0. The van der Waals surface area contributed by atoms with Gasteiger partial charge in [-0.3, -0.25) is 9.59 Å². The molecular formula is C34H54N2O3. The van der Waals surface area contributed by atoms with Crippen LogP contribution in [0, 0.1) is 29.6 Å². The van der Waals surface area contributed by atoms with Crippen LogP contribution < -0.4 is 5.32 Å². The van der Waals surface area contributed by atoms with E-state index in [1.807, 2.05) is 4.90 Å². The maximum Gasteiger partial charge on any atom is 0.239 e. The van der Waals surface area contributed by atoms with E-state index in [0.717, 1.165) is 50.9 Å². The van der Waals surface area contributed by atoms with Crippen molar-refractivity contribution in [1.82, 2.24) is 10.2 Å². The number of aliphatic hydroxyl groups is 1. The molecule has 1 saturated heterocycles. The Morgan fingerprint density at radius 2 is 1.79 bits per heavy atom. The molecular weight excluding hydrogens is 484 g/mol. The first-order valence-corrected chi connectivity index (χ1v) is 16.1. The molecule has 2 saturated carbocycles. The first-order valence-electron chi connectivity index (χ1n) is 16.1. The second kappa shape index (κ2) is 14.1. The van der Waals surface area contributed by atoms with Gasteiger partial charge in [-0.15, -0.1) is 0 Å². The second-order valence-electron chi connectivity index (χ2n) is 13.5. The minimum absolute atomic E-state index is 0.0426. The molecule has 1 aromatic rings. The lowest BCUT2D eigenvalue weighted by Crippen LogP contribution is -2.46. The van der Waals surface area contributed by atoms with E-state index in [1.54, 1.807) is 0 Å². The molecule has 4 atom stereocenters. The van der Waals surface area contributed by atoms with Crippen molar-refractivity contribution >= 4 is 11.8 Å². The van der Waals surface area contributed by atoms with E-state index in [1.165, 1.54) is 44.1 Å². The zero-order valence-electron chi connectivity index (χ0n) is 24.9. The third-order valence-electron chi connectivity index (χ3n) is 10.5. The molecule has 2 amide bonds. The van der Waals surface area contributed by atoms with E-state index in [4.69, 9.17) is 0 Å². The topological polar surface area (TPSA) is 69.6 Å². The van der Waals surface area contributed by atoms with Crippen LogP contribution in [0.2, 0.25) is 0 Å². The Morgan fingerprint density at radius 1 is 1.08 bits per heavy atom. The zero-order valence-corrected chi connectivity index (χ0v) is 24.9. The van der Waals surface area contributed by atoms with E-state index >= 15 is 0 Å². The number of hydrogen-bond donors (Lipinski definition) is 2. The highest BCUT2D eigenvalue weighted by molar-refractivity contribution is 5.86. The van der Waals surface area contributed by atoms with Gasteiger partial charge in [-0.05, 0) is 86.0 Å². The van der Waals surface area contributed by atoms with Gasteiger partial charge in [0.1, 0.15) is 0 Å². The van der Waals surface area contributed by atoms with Crippen LogP contribution in [0.15, 0.2) is 30.3 Å². The van der Waals surface area contributed by atoms with Gasteiger partial charge < -0.3 is 15.3 Å². The van der Waals surface area contributed by atoms with Gasteiger partial charge in [0.25, 0.3) is 0 Å². The summed E-state index contributed by atoms with van der Waals surface area (Å²) in [5.41, 5.74) is 1.57. The van der Waals surface area contributed by atoms with Crippen LogP contribution in [0.4, 0.5) is 0 Å². The summed E-state index contributed by atoms with van der Waals surface area (Å²) in [6, 6.07) is 11.1. The van der Waals surface area contributed by atoms with E-state index in [0.29, 0.717) is 30.8 Å². The summed E-state index contributed by atoms with van der Waals surface area (Å²) in [5, 5.41) is 12.6. The summed E-state index contributed by atoms with van der Waals surface area (Å²) in [7, 11) is 0. The number of benzene rings is 1. The monoisotopic (exact) mass is 538 g/mol. The first kappa shape index (κ1) is 30.1. The lowest BCUT2D eigenvalue weighted by atomic mass is 9.67. The number of hydrogen-bond acceptors (Lipinski definition) is 3. The molecule has 0 radical (unpaired) electrons. The summed E-state index contributed by atoms with van der Waals surface area (Å²) in [6.45, 7) is 8.21. The van der Waals surface area contributed by atoms with Gasteiger partial charge >= 0.3 is 0 Å². The first-order chi connectivity index (χ1) is 18.8. The molecule has 3 aliphatic rings. The Hall–Kier alpha value is -1.88. The van der Waals surface area contributed by atoms with Crippen molar-refractivity contribution in [3.63, 3.8) is 0 Å². The molecule has 2 aliphatic carbocycles. The smallest absolute Gasteiger partial charge is 0.239 e. The average molecular weight is 539 g/mol. The van der Waals surface area contributed by atoms with Gasteiger partial charge in [0, 0.05) is 19.0 Å². The van der Waals surface area contributed by atoms with Crippen molar-refractivity contribution in [3.8, 4) is 0 Å². The number of amides is 2. The predicted octanol–water partition coefficient (Wildman–Crippen LogP) is 6.48. The van der Waals surface area contributed by atoms with Crippen LogP contribution >= 0.6 is 0 Å². The van der Waals surface area contributed by atoms with E-state index < -0.39 is 0 Å². The standard InChI is InChI=1S/C34H54N2O3/c1-4-25(2)22-34(30-14-6-5-7-15-30)16-9-13-29(19-27-11-8-12-27)26(3)33(39)36(18-10-17-34)24-32(38)35-23-28-20-31(37)21-28/h5-7,14-15,25-29,31,37H,4,8-13,16-24H2,1-3H3,(H,35,38)/t25?,26?,28-,29?,31-,34-/m0/s1. The molecule has 0 bridgehead atoms. The van der Waals surface area contributed by atoms with Crippen LogP contribution in [-0.4, -0.2) is 47.6 Å². The summed E-state index contributed by atoms with van der Waals surface area (Å²) >= 11 is 0. The highest BCUT2D eigenvalue weighted by atomic mass is 16.3. The quantitative estimate of drug-likeness (QED) is 0.358. The molecule has 0 spiro atoms. The third-order valence-corrected chi connectivity index (χ3v) is 10.5. The number of carbonyl (C=O) groups excluding carboxylic acids is 2. The molecule has 0 aromatic heterocycles. The molecule has 5 heteroatoms.